The van der Waals surface area contributed by atoms with Crippen LogP contribution in [-0.2, 0) is 4.74 Å². The van der Waals surface area contributed by atoms with Gasteiger partial charge in [0.05, 0.1) is 6.61 Å². The topological polar surface area (TPSA) is 29.5 Å². The second-order valence-electron chi connectivity index (χ2n) is 6.27. The molecule has 0 radical (unpaired) electrons. The minimum absolute atomic E-state index is 0.171. The maximum absolute atomic E-state index is 14.2. The highest BCUT2D eigenvalue weighted by atomic mass is 19.2. The number of halogens is 3. The molecule has 0 heterocycles. The molecule has 0 fully saturated rings. The van der Waals surface area contributed by atoms with Gasteiger partial charge in [-0.15, -0.1) is 0 Å². The summed E-state index contributed by atoms with van der Waals surface area (Å²) in [6.45, 7) is 17.3. The number of hydrogen-bond acceptors (Lipinski definition) is 2. The Bertz CT molecular complexity index is 561. The van der Waals surface area contributed by atoms with E-state index in [1.54, 1.807) is 27.7 Å². The fraction of sp³-hybridized carbons (Fsp3) is 0.500. The van der Waals surface area contributed by atoms with Crippen LogP contribution in [0, 0.1) is 17.8 Å². The van der Waals surface area contributed by atoms with Crippen molar-refractivity contribution in [2.24, 2.45) is 17.8 Å². The summed E-state index contributed by atoms with van der Waals surface area (Å²) >= 11 is 0. The minimum atomic E-state index is -1.06. The summed E-state index contributed by atoms with van der Waals surface area (Å²) in [6.07, 6.45) is 2.00. The average molecular weight is 358 g/mol. The van der Waals surface area contributed by atoms with E-state index >= 15 is 0 Å². The van der Waals surface area contributed by atoms with Crippen LogP contribution >= 0.6 is 0 Å². The summed E-state index contributed by atoms with van der Waals surface area (Å²) in [5.41, 5.74) is 0.238. The van der Waals surface area contributed by atoms with Gasteiger partial charge in [0, 0.05) is 12.0 Å². The van der Waals surface area contributed by atoms with E-state index < -0.39 is 23.4 Å². The molecule has 0 bridgehead atoms. The normalized spacial score (nSPS) is 16.5. The molecule has 3 unspecified atom stereocenters. The molecule has 0 spiro atoms. The molecule has 0 aliphatic heterocycles. The van der Waals surface area contributed by atoms with E-state index in [9.17, 15) is 13.2 Å². The fourth-order valence-electron chi connectivity index (χ4n) is 2.23. The molecule has 142 valence electrons. The fourth-order valence-corrected chi connectivity index (χ4v) is 2.23. The second-order valence-corrected chi connectivity index (χ2v) is 6.27. The zero-order chi connectivity index (χ0) is 19.7. The molecule has 0 rings (SSSR count). The van der Waals surface area contributed by atoms with Gasteiger partial charge in [0.2, 0.25) is 0 Å². The van der Waals surface area contributed by atoms with Crippen molar-refractivity contribution < 1.29 is 23.0 Å². The van der Waals surface area contributed by atoms with Gasteiger partial charge in [-0.1, -0.05) is 40.5 Å². The van der Waals surface area contributed by atoms with Crippen LogP contribution in [0.2, 0.25) is 0 Å². The molecule has 0 amide bonds. The molecule has 0 aromatic carbocycles. The van der Waals surface area contributed by atoms with E-state index in [0.29, 0.717) is 12.8 Å². The lowest BCUT2D eigenvalue weighted by Crippen LogP contribution is -2.12. The zero-order valence-electron chi connectivity index (χ0n) is 15.5. The van der Waals surface area contributed by atoms with E-state index in [1.165, 1.54) is 0 Å². The molecule has 0 aromatic heterocycles. The maximum Gasteiger partial charge on any atom is 0.196 e. The number of allylic oxidation sites excluding steroid dienone is 5. The molecular formula is C20H29F3O2. The third-order valence-electron chi connectivity index (χ3n) is 4.28. The van der Waals surface area contributed by atoms with Gasteiger partial charge in [-0.3, -0.25) is 0 Å². The Morgan fingerprint density at radius 3 is 2.12 bits per heavy atom. The quantitative estimate of drug-likeness (QED) is 0.323. The predicted molar refractivity (Wildman–Crippen MR) is 96.8 cm³/mol. The van der Waals surface area contributed by atoms with E-state index in [-0.39, 0.29) is 35.5 Å². The molecule has 1 N–H and O–H groups in total. The molecule has 0 aromatic rings. The van der Waals surface area contributed by atoms with Crippen molar-refractivity contribution in [3.63, 3.8) is 0 Å². The van der Waals surface area contributed by atoms with Gasteiger partial charge >= 0.3 is 0 Å². The van der Waals surface area contributed by atoms with Crippen molar-refractivity contribution in [1.82, 2.24) is 0 Å². The average Bonchev–Trinajstić information content (AvgIpc) is 2.55. The summed E-state index contributed by atoms with van der Waals surface area (Å²) in [5, 5.41) is 8.99. The van der Waals surface area contributed by atoms with Crippen LogP contribution in [0.15, 0.2) is 60.4 Å². The molecule has 0 saturated heterocycles. The van der Waals surface area contributed by atoms with Crippen LogP contribution in [0.25, 0.3) is 0 Å². The second kappa shape index (κ2) is 10.9. The Kier molecular flexibility index (Phi) is 10.0. The zero-order valence-corrected chi connectivity index (χ0v) is 15.5. The van der Waals surface area contributed by atoms with E-state index in [4.69, 9.17) is 9.84 Å². The Morgan fingerprint density at radius 2 is 1.64 bits per heavy atom. The lowest BCUT2D eigenvalue weighted by atomic mass is 9.85. The minimum Gasteiger partial charge on any atom is -0.508 e. The molecule has 0 saturated carbocycles. The highest BCUT2D eigenvalue weighted by Crippen LogP contribution is 2.33. The summed E-state index contributed by atoms with van der Waals surface area (Å²) in [7, 11) is 0. The molecular weight excluding hydrogens is 329 g/mol. The van der Waals surface area contributed by atoms with Crippen LogP contribution in [0.3, 0.4) is 0 Å². The molecule has 0 aliphatic rings. The molecule has 0 aliphatic carbocycles. The number of ether oxygens (including phenoxy) is 1. The van der Waals surface area contributed by atoms with Crippen molar-refractivity contribution in [3.05, 3.63) is 60.4 Å². The first kappa shape index (κ1) is 23.1. The third-order valence-corrected chi connectivity index (χ3v) is 4.28. The first-order valence-electron chi connectivity index (χ1n) is 8.34. The van der Waals surface area contributed by atoms with Crippen molar-refractivity contribution in [2.45, 2.75) is 40.5 Å². The summed E-state index contributed by atoms with van der Waals surface area (Å²) in [5.74, 6) is -4.31. The summed E-state index contributed by atoms with van der Waals surface area (Å²) in [4.78, 5) is 0. The van der Waals surface area contributed by atoms with Gasteiger partial charge in [-0.2, -0.15) is 0 Å². The van der Waals surface area contributed by atoms with Gasteiger partial charge < -0.3 is 9.84 Å². The van der Waals surface area contributed by atoms with Gasteiger partial charge in [0.25, 0.3) is 0 Å². The van der Waals surface area contributed by atoms with Crippen molar-refractivity contribution >= 4 is 0 Å². The van der Waals surface area contributed by atoms with Gasteiger partial charge in [0.15, 0.2) is 5.83 Å². The third kappa shape index (κ3) is 7.67. The van der Waals surface area contributed by atoms with Crippen molar-refractivity contribution in [3.8, 4) is 0 Å². The predicted octanol–water partition coefficient (Wildman–Crippen LogP) is 6.86. The molecule has 25 heavy (non-hydrogen) atoms. The molecule has 2 nitrogen and oxygen atoms in total. The van der Waals surface area contributed by atoms with Crippen LogP contribution in [0.4, 0.5) is 13.2 Å². The summed E-state index contributed by atoms with van der Waals surface area (Å²) < 4.78 is 46.8. The Morgan fingerprint density at radius 1 is 1.08 bits per heavy atom. The van der Waals surface area contributed by atoms with E-state index in [0.717, 1.165) is 6.08 Å². The van der Waals surface area contributed by atoms with E-state index in [2.05, 4.69) is 19.7 Å². The largest absolute Gasteiger partial charge is 0.508 e. The lowest BCUT2D eigenvalue weighted by molar-refractivity contribution is 0.218. The Balaban J connectivity index is 4.81. The molecule has 5 heteroatoms. The number of hydrogen-bond donors (Lipinski definition) is 1. The molecule has 3 atom stereocenters. The van der Waals surface area contributed by atoms with Gasteiger partial charge in [-0.05, 0) is 37.2 Å². The number of rotatable bonds is 11. The highest BCUT2D eigenvalue weighted by molar-refractivity contribution is 5.28. The first-order chi connectivity index (χ1) is 11.5. The van der Waals surface area contributed by atoms with Crippen molar-refractivity contribution in [1.29, 1.82) is 0 Å². The maximum atomic E-state index is 14.2. The Hall–Kier alpha value is -1.91. The van der Waals surface area contributed by atoms with Crippen LogP contribution < -0.4 is 0 Å². The van der Waals surface area contributed by atoms with Gasteiger partial charge in [-0.25, -0.2) is 13.2 Å². The van der Waals surface area contributed by atoms with Gasteiger partial charge in [0.1, 0.15) is 23.2 Å². The first-order valence-corrected chi connectivity index (χ1v) is 8.34. The van der Waals surface area contributed by atoms with Crippen LogP contribution in [0.5, 0.6) is 0 Å². The smallest absolute Gasteiger partial charge is 0.196 e. The van der Waals surface area contributed by atoms with Crippen molar-refractivity contribution in [2.75, 3.05) is 6.61 Å². The standard InChI is InChI=1S/C20H29F3O2/c1-8-25-17(7)20(23)19(22)16(6)13(3)10-9-12(2)15(5)18(21)11-14(4)24/h11-13,16,24H,4-5,7-10H2,1-3,6H3/b18-11+,20-19-. The SMILES string of the molecule is C=C(O)/C=C(/F)C(=C)C(C)CCC(C)C(C)/C(F)=C(/F)C(=C)OCC. The Labute approximate surface area is 149 Å². The van der Waals surface area contributed by atoms with Crippen LogP contribution in [0.1, 0.15) is 40.5 Å². The van der Waals surface area contributed by atoms with E-state index in [1.807, 2.05) is 0 Å². The summed E-state index contributed by atoms with van der Waals surface area (Å²) in [6, 6.07) is 0. The number of aliphatic hydroxyl groups excluding tert-OH is 1. The lowest BCUT2D eigenvalue weighted by Gasteiger charge is -2.21. The van der Waals surface area contributed by atoms with Crippen LogP contribution in [-0.4, -0.2) is 11.7 Å². The monoisotopic (exact) mass is 358 g/mol. The highest BCUT2D eigenvalue weighted by Gasteiger charge is 2.24. The number of aliphatic hydroxyl groups is 1.